The summed E-state index contributed by atoms with van der Waals surface area (Å²) in [5, 5.41) is 13.4. The van der Waals surface area contributed by atoms with Crippen LogP contribution in [0.2, 0.25) is 10.0 Å². The van der Waals surface area contributed by atoms with Crippen LogP contribution in [0.4, 0.5) is 4.79 Å². The minimum atomic E-state index is -1.12. The molecule has 2 N–H and O–H groups in total. The lowest BCUT2D eigenvalue weighted by atomic mass is 9.97. The maximum absolute atomic E-state index is 12.4. The summed E-state index contributed by atoms with van der Waals surface area (Å²) in [5.41, 5.74) is 4.29. The summed E-state index contributed by atoms with van der Waals surface area (Å²) in [7, 11) is 1.46. The standard InChI is InChI=1S/C34H27Cl2N5O6/c1-47-33-20(16-40(34(45)46)17-21-9-11-29(43)38-21)8-10-27(39-33)26-7-3-6-25(32(26)36)24-5-2-4-23(31(24)35)19-12-13-41-28(14-19)37-22(18-42)15-30(41)44/h2-8,10,12-15,18,21H,9,11,16-17H2,1H3,(H,38,43)(H,45,46). The number of amides is 2. The molecule has 0 saturated carbocycles. The normalized spacial score (nSPS) is 14.2. The number of pyridine rings is 2. The van der Waals surface area contributed by atoms with Crippen molar-refractivity contribution >= 4 is 47.1 Å². The van der Waals surface area contributed by atoms with Crippen molar-refractivity contribution in [2.45, 2.75) is 25.4 Å². The van der Waals surface area contributed by atoms with Crippen LogP contribution in [0.25, 0.3) is 39.2 Å². The summed E-state index contributed by atoms with van der Waals surface area (Å²) in [4.78, 5) is 57.4. The molecule has 1 fully saturated rings. The third-order valence-corrected chi connectivity index (χ3v) is 8.79. The first-order valence-corrected chi connectivity index (χ1v) is 15.3. The van der Waals surface area contributed by atoms with E-state index < -0.39 is 6.09 Å². The average Bonchev–Trinajstić information content (AvgIpc) is 3.48. The van der Waals surface area contributed by atoms with Gasteiger partial charge in [0, 0.05) is 59.1 Å². The number of carbonyl (C=O) groups is 3. The van der Waals surface area contributed by atoms with Crippen molar-refractivity contribution in [3.05, 3.63) is 105 Å². The zero-order chi connectivity index (χ0) is 33.2. The number of methoxy groups -OCH3 is 1. The van der Waals surface area contributed by atoms with E-state index in [1.54, 1.807) is 30.5 Å². The molecule has 1 aliphatic rings. The molecule has 2 aromatic carbocycles. The first-order chi connectivity index (χ1) is 22.7. The van der Waals surface area contributed by atoms with Gasteiger partial charge in [0.1, 0.15) is 11.3 Å². The number of aromatic nitrogens is 3. The Morgan fingerprint density at radius 2 is 1.72 bits per heavy atom. The lowest BCUT2D eigenvalue weighted by molar-refractivity contribution is -0.119. The van der Waals surface area contributed by atoms with Crippen molar-refractivity contribution in [1.82, 2.24) is 24.6 Å². The molecule has 1 unspecified atom stereocenters. The molecule has 5 aromatic rings. The van der Waals surface area contributed by atoms with E-state index in [9.17, 15) is 24.3 Å². The molecule has 1 aliphatic heterocycles. The summed E-state index contributed by atoms with van der Waals surface area (Å²) in [6.07, 6.45) is 1.93. The Morgan fingerprint density at radius 1 is 1.02 bits per heavy atom. The Hall–Kier alpha value is -5.26. The molecule has 6 rings (SSSR count). The van der Waals surface area contributed by atoms with E-state index in [1.165, 1.54) is 22.5 Å². The molecule has 0 radical (unpaired) electrons. The van der Waals surface area contributed by atoms with E-state index >= 15 is 0 Å². The Balaban J connectivity index is 1.33. The van der Waals surface area contributed by atoms with Crippen molar-refractivity contribution in [3.8, 4) is 39.4 Å². The fourth-order valence-electron chi connectivity index (χ4n) is 5.66. The topological polar surface area (TPSA) is 143 Å². The van der Waals surface area contributed by atoms with E-state index in [4.69, 9.17) is 27.9 Å². The number of fused-ring (bicyclic) bond motifs is 1. The number of aldehydes is 1. The molecule has 11 nitrogen and oxygen atoms in total. The van der Waals surface area contributed by atoms with Crippen LogP contribution < -0.4 is 15.6 Å². The Morgan fingerprint density at radius 3 is 2.38 bits per heavy atom. The highest BCUT2D eigenvalue weighted by Crippen LogP contribution is 2.42. The summed E-state index contributed by atoms with van der Waals surface area (Å²) in [5.74, 6) is 0.154. The van der Waals surface area contributed by atoms with E-state index in [0.29, 0.717) is 73.9 Å². The molecule has 238 valence electrons. The second-order valence-corrected chi connectivity index (χ2v) is 11.7. The second kappa shape index (κ2) is 13.2. The first-order valence-electron chi connectivity index (χ1n) is 14.5. The van der Waals surface area contributed by atoms with Gasteiger partial charge < -0.3 is 20.1 Å². The van der Waals surface area contributed by atoms with Gasteiger partial charge in [0.15, 0.2) is 6.29 Å². The van der Waals surface area contributed by atoms with Gasteiger partial charge in [-0.25, -0.2) is 14.8 Å². The van der Waals surface area contributed by atoms with Gasteiger partial charge in [0.05, 0.1) is 29.4 Å². The van der Waals surface area contributed by atoms with Crippen molar-refractivity contribution < 1.29 is 24.2 Å². The van der Waals surface area contributed by atoms with Gasteiger partial charge in [-0.05, 0) is 36.2 Å². The Bertz CT molecular complexity index is 2120. The number of halogens is 2. The number of hydrogen-bond donors (Lipinski definition) is 2. The van der Waals surface area contributed by atoms with Gasteiger partial charge in [-0.1, -0.05) is 59.6 Å². The largest absolute Gasteiger partial charge is 0.481 e. The number of carboxylic acid groups (broad SMARTS) is 1. The smallest absolute Gasteiger partial charge is 0.407 e. The highest BCUT2D eigenvalue weighted by molar-refractivity contribution is 6.39. The molecule has 0 aliphatic carbocycles. The fraction of sp³-hybridized carbons (Fsp3) is 0.176. The Labute approximate surface area is 278 Å². The lowest BCUT2D eigenvalue weighted by Crippen LogP contribution is -2.41. The quantitative estimate of drug-likeness (QED) is 0.182. The van der Waals surface area contributed by atoms with Crippen molar-refractivity contribution in [2.24, 2.45) is 0 Å². The minimum absolute atomic E-state index is 0.0176. The number of ether oxygens (including phenoxy) is 1. The first kappa shape index (κ1) is 31.7. The molecule has 1 saturated heterocycles. The molecule has 1 atom stereocenters. The molecule has 47 heavy (non-hydrogen) atoms. The van der Waals surface area contributed by atoms with E-state index in [2.05, 4.69) is 15.3 Å². The van der Waals surface area contributed by atoms with Crippen molar-refractivity contribution in [2.75, 3.05) is 13.7 Å². The number of nitrogens with zero attached hydrogens (tertiary/aromatic N) is 4. The highest BCUT2D eigenvalue weighted by atomic mass is 35.5. The lowest BCUT2D eigenvalue weighted by Gasteiger charge is -2.23. The molecule has 13 heteroatoms. The molecule has 0 spiro atoms. The number of hydrogen-bond acceptors (Lipinski definition) is 7. The third-order valence-electron chi connectivity index (χ3n) is 7.97. The van der Waals surface area contributed by atoms with Gasteiger partial charge in [0.25, 0.3) is 5.56 Å². The Kier molecular flexibility index (Phi) is 8.93. The van der Waals surface area contributed by atoms with Crippen LogP contribution in [0, 0.1) is 0 Å². The van der Waals surface area contributed by atoms with Crippen LogP contribution in [-0.4, -0.2) is 62.4 Å². The van der Waals surface area contributed by atoms with Gasteiger partial charge >= 0.3 is 6.09 Å². The van der Waals surface area contributed by atoms with E-state index in [1.807, 2.05) is 36.4 Å². The molecule has 2 amide bonds. The molecule has 0 bridgehead atoms. The van der Waals surface area contributed by atoms with Crippen LogP contribution in [0.3, 0.4) is 0 Å². The van der Waals surface area contributed by atoms with Gasteiger partial charge in [0.2, 0.25) is 11.8 Å². The van der Waals surface area contributed by atoms with E-state index in [0.717, 1.165) is 0 Å². The highest BCUT2D eigenvalue weighted by Gasteiger charge is 2.26. The van der Waals surface area contributed by atoms with Gasteiger partial charge in [-0.15, -0.1) is 0 Å². The van der Waals surface area contributed by atoms with Crippen LogP contribution >= 0.6 is 23.2 Å². The van der Waals surface area contributed by atoms with Crippen LogP contribution in [0.1, 0.15) is 28.9 Å². The molecular weight excluding hydrogens is 645 g/mol. The zero-order valence-corrected chi connectivity index (χ0v) is 26.5. The number of rotatable bonds is 9. The summed E-state index contributed by atoms with van der Waals surface area (Å²) in [6.45, 7) is 0.164. The van der Waals surface area contributed by atoms with Gasteiger partial charge in [-0.3, -0.25) is 18.8 Å². The minimum Gasteiger partial charge on any atom is -0.481 e. The molecule has 4 heterocycles. The summed E-state index contributed by atoms with van der Waals surface area (Å²) < 4.78 is 6.90. The zero-order valence-electron chi connectivity index (χ0n) is 24.9. The summed E-state index contributed by atoms with van der Waals surface area (Å²) >= 11 is 14.0. The predicted molar refractivity (Wildman–Crippen MR) is 177 cm³/mol. The number of nitrogens with one attached hydrogen (secondary N) is 1. The third kappa shape index (κ3) is 6.40. The maximum atomic E-state index is 12.4. The number of carbonyl (C=O) groups excluding carboxylic acids is 2. The molecule has 3 aromatic heterocycles. The van der Waals surface area contributed by atoms with E-state index in [-0.39, 0.29) is 42.2 Å². The summed E-state index contributed by atoms with van der Waals surface area (Å²) in [6, 6.07) is 18.8. The fourth-order valence-corrected chi connectivity index (χ4v) is 6.32. The van der Waals surface area contributed by atoms with Crippen molar-refractivity contribution in [3.63, 3.8) is 0 Å². The average molecular weight is 673 g/mol. The van der Waals surface area contributed by atoms with Crippen LogP contribution in [-0.2, 0) is 11.3 Å². The van der Waals surface area contributed by atoms with Crippen LogP contribution in [0.15, 0.2) is 77.7 Å². The predicted octanol–water partition coefficient (Wildman–Crippen LogP) is 5.98. The SMILES string of the molecule is COc1nc(-c2cccc(-c3cccc(-c4ccn5c(=O)cc(C=O)nc5c4)c3Cl)c2Cl)ccc1CN(CC1CCC(=O)N1)C(=O)O. The monoisotopic (exact) mass is 671 g/mol. The van der Waals surface area contributed by atoms with Crippen LogP contribution in [0.5, 0.6) is 5.88 Å². The maximum Gasteiger partial charge on any atom is 0.407 e. The van der Waals surface area contributed by atoms with Gasteiger partial charge in [-0.2, -0.15) is 0 Å². The second-order valence-electron chi connectivity index (χ2n) is 10.9. The van der Waals surface area contributed by atoms with Crippen molar-refractivity contribution in [1.29, 1.82) is 0 Å². The molecular formula is C34H27Cl2N5O6. The number of benzene rings is 2.